The van der Waals surface area contributed by atoms with Gasteiger partial charge in [-0.3, -0.25) is 0 Å². The van der Waals surface area contributed by atoms with Crippen molar-refractivity contribution in [2.24, 2.45) is 11.1 Å². The second-order valence-corrected chi connectivity index (χ2v) is 7.31. The Kier molecular flexibility index (Phi) is 5.38. The van der Waals surface area contributed by atoms with Crippen LogP contribution in [0.1, 0.15) is 18.9 Å². The molecule has 1 aromatic rings. The Morgan fingerprint density at radius 2 is 1.95 bits per heavy atom. The summed E-state index contributed by atoms with van der Waals surface area (Å²) in [6.07, 6.45) is 0.845. The minimum atomic E-state index is -3.22. The predicted octanol–water partition coefficient (Wildman–Crippen LogP) is 1.61. The molecule has 0 amide bonds. The van der Waals surface area contributed by atoms with Crippen molar-refractivity contribution in [2.45, 2.75) is 19.1 Å². The van der Waals surface area contributed by atoms with Gasteiger partial charge in [-0.25, -0.2) is 12.7 Å². The maximum Gasteiger partial charge on any atom is 0.218 e. The van der Waals surface area contributed by atoms with Crippen molar-refractivity contribution in [3.8, 4) is 0 Å². The summed E-state index contributed by atoms with van der Waals surface area (Å²) in [7, 11) is -3.22. The fourth-order valence-electron chi connectivity index (χ4n) is 2.26. The molecule has 19 heavy (non-hydrogen) atoms. The third-order valence-corrected chi connectivity index (χ3v) is 5.40. The molecule has 1 aliphatic heterocycles. The summed E-state index contributed by atoms with van der Waals surface area (Å²) in [5.41, 5.74) is 6.47. The van der Waals surface area contributed by atoms with E-state index in [-0.39, 0.29) is 23.6 Å². The quantitative estimate of drug-likeness (QED) is 0.919. The van der Waals surface area contributed by atoms with E-state index in [2.05, 4.69) is 0 Å². The molecular weight excluding hydrogens is 284 g/mol. The molecule has 1 unspecified atom stereocenters. The lowest BCUT2D eigenvalue weighted by Gasteiger charge is -2.22. The van der Waals surface area contributed by atoms with E-state index in [1.807, 2.05) is 37.3 Å². The van der Waals surface area contributed by atoms with Gasteiger partial charge in [0.2, 0.25) is 10.0 Å². The van der Waals surface area contributed by atoms with Crippen molar-refractivity contribution in [2.75, 3.05) is 19.6 Å². The second kappa shape index (κ2) is 6.22. The van der Waals surface area contributed by atoms with Gasteiger partial charge in [0.25, 0.3) is 0 Å². The van der Waals surface area contributed by atoms with Crippen LogP contribution in [0.5, 0.6) is 0 Å². The highest BCUT2D eigenvalue weighted by Crippen LogP contribution is 2.31. The average Bonchev–Trinajstić information content (AvgIpc) is 2.74. The molecule has 108 valence electrons. The predicted molar refractivity (Wildman–Crippen MR) is 79.7 cm³/mol. The molecule has 1 fully saturated rings. The summed E-state index contributed by atoms with van der Waals surface area (Å²) in [4.78, 5) is 0. The van der Waals surface area contributed by atoms with Crippen molar-refractivity contribution in [3.63, 3.8) is 0 Å². The van der Waals surface area contributed by atoms with Gasteiger partial charge < -0.3 is 5.73 Å². The van der Waals surface area contributed by atoms with Crippen LogP contribution in [-0.2, 0) is 15.8 Å². The van der Waals surface area contributed by atoms with E-state index in [1.165, 1.54) is 0 Å². The topological polar surface area (TPSA) is 63.4 Å². The van der Waals surface area contributed by atoms with Crippen molar-refractivity contribution in [1.29, 1.82) is 0 Å². The van der Waals surface area contributed by atoms with Gasteiger partial charge in [-0.05, 0) is 23.9 Å². The summed E-state index contributed by atoms with van der Waals surface area (Å²) in [5.74, 6) is 0.0779. The van der Waals surface area contributed by atoms with Gasteiger partial charge in [0.1, 0.15) is 0 Å². The molecule has 2 rings (SSSR count). The molecule has 0 radical (unpaired) electrons. The van der Waals surface area contributed by atoms with Crippen LogP contribution in [0.25, 0.3) is 0 Å². The maximum atomic E-state index is 12.3. The molecule has 0 aliphatic carbocycles. The molecule has 0 aromatic heterocycles. The smallest absolute Gasteiger partial charge is 0.218 e. The first-order valence-electron chi connectivity index (χ1n) is 6.17. The number of rotatable bonds is 4. The van der Waals surface area contributed by atoms with Crippen LogP contribution in [0.4, 0.5) is 0 Å². The molecule has 0 saturated carbocycles. The van der Waals surface area contributed by atoms with Gasteiger partial charge in [-0.2, -0.15) is 0 Å². The van der Waals surface area contributed by atoms with Crippen LogP contribution < -0.4 is 5.73 Å². The minimum absolute atomic E-state index is 0. The Hall–Kier alpha value is -0.620. The molecule has 2 N–H and O–H groups in total. The number of benzene rings is 1. The SMILES string of the molecule is CC1(CN)CCN(S(=O)(=O)Cc2ccccc2)C1.Cl. The van der Waals surface area contributed by atoms with Gasteiger partial charge in [-0.15, -0.1) is 12.4 Å². The van der Waals surface area contributed by atoms with Crippen molar-refractivity contribution in [1.82, 2.24) is 4.31 Å². The number of sulfonamides is 1. The maximum absolute atomic E-state index is 12.3. The standard InChI is InChI=1S/C13H20N2O2S.ClH/c1-13(10-14)7-8-15(11-13)18(16,17)9-12-5-3-2-4-6-12;/h2-6H,7-11,14H2,1H3;1H. The Morgan fingerprint density at radius 1 is 1.32 bits per heavy atom. The number of nitrogens with two attached hydrogens (primary N) is 1. The normalized spacial score (nSPS) is 24.1. The summed E-state index contributed by atoms with van der Waals surface area (Å²) in [5, 5.41) is 0. The third kappa shape index (κ3) is 3.92. The largest absolute Gasteiger partial charge is 0.330 e. The summed E-state index contributed by atoms with van der Waals surface area (Å²) < 4.78 is 26.2. The van der Waals surface area contributed by atoms with Crippen LogP contribution in [0.15, 0.2) is 30.3 Å². The number of hydrogen-bond donors (Lipinski definition) is 1. The van der Waals surface area contributed by atoms with E-state index >= 15 is 0 Å². The molecule has 1 aromatic carbocycles. The second-order valence-electron chi connectivity index (χ2n) is 5.34. The first kappa shape index (κ1) is 16.4. The fourth-order valence-corrected chi connectivity index (χ4v) is 3.93. The van der Waals surface area contributed by atoms with Gasteiger partial charge in [0.15, 0.2) is 0 Å². The lowest BCUT2D eigenvalue weighted by molar-refractivity contribution is 0.349. The van der Waals surface area contributed by atoms with E-state index in [4.69, 9.17) is 5.73 Å². The first-order valence-corrected chi connectivity index (χ1v) is 7.78. The highest BCUT2D eigenvalue weighted by atomic mass is 35.5. The summed E-state index contributed by atoms with van der Waals surface area (Å²) in [6, 6.07) is 9.29. The molecule has 6 heteroatoms. The van der Waals surface area contributed by atoms with E-state index in [1.54, 1.807) is 4.31 Å². The van der Waals surface area contributed by atoms with Crippen LogP contribution in [0.3, 0.4) is 0 Å². The highest BCUT2D eigenvalue weighted by molar-refractivity contribution is 7.88. The Balaban J connectivity index is 0.00000180. The minimum Gasteiger partial charge on any atom is -0.330 e. The van der Waals surface area contributed by atoms with E-state index in [0.717, 1.165) is 12.0 Å². The number of nitrogens with zero attached hydrogens (tertiary/aromatic N) is 1. The lowest BCUT2D eigenvalue weighted by Crippen LogP contribution is -2.35. The van der Waals surface area contributed by atoms with E-state index in [0.29, 0.717) is 19.6 Å². The monoisotopic (exact) mass is 304 g/mol. The Labute approximate surface area is 121 Å². The Bertz CT molecular complexity index is 507. The van der Waals surface area contributed by atoms with Crippen LogP contribution >= 0.6 is 12.4 Å². The van der Waals surface area contributed by atoms with Gasteiger partial charge in [0, 0.05) is 13.1 Å². The Morgan fingerprint density at radius 3 is 2.47 bits per heavy atom. The molecule has 1 heterocycles. The van der Waals surface area contributed by atoms with E-state index in [9.17, 15) is 8.42 Å². The van der Waals surface area contributed by atoms with Gasteiger partial charge in [0.05, 0.1) is 5.75 Å². The molecule has 0 bridgehead atoms. The van der Waals surface area contributed by atoms with Crippen molar-refractivity contribution < 1.29 is 8.42 Å². The molecule has 0 spiro atoms. The summed E-state index contributed by atoms with van der Waals surface area (Å²) >= 11 is 0. The number of halogens is 1. The van der Waals surface area contributed by atoms with E-state index < -0.39 is 10.0 Å². The lowest BCUT2D eigenvalue weighted by atomic mass is 9.90. The van der Waals surface area contributed by atoms with Crippen molar-refractivity contribution >= 4 is 22.4 Å². The zero-order valence-electron chi connectivity index (χ0n) is 11.1. The molecule has 1 saturated heterocycles. The zero-order chi connectivity index (χ0) is 13.2. The van der Waals surface area contributed by atoms with Gasteiger partial charge >= 0.3 is 0 Å². The van der Waals surface area contributed by atoms with Crippen LogP contribution in [-0.4, -0.2) is 32.4 Å². The molecule has 1 atom stereocenters. The van der Waals surface area contributed by atoms with Crippen LogP contribution in [0, 0.1) is 5.41 Å². The molecule has 4 nitrogen and oxygen atoms in total. The molecule has 1 aliphatic rings. The zero-order valence-corrected chi connectivity index (χ0v) is 12.7. The highest BCUT2D eigenvalue weighted by Gasteiger charge is 2.38. The average molecular weight is 305 g/mol. The number of hydrogen-bond acceptors (Lipinski definition) is 3. The summed E-state index contributed by atoms with van der Waals surface area (Å²) in [6.45, 7) is 3.71. The van der Waals surface area contributed by atoms with Crippen molar-refractivity contribution in [3.05, 3.63) is 35.9 Å². The fraction of sp³-hybridized carbons (Fsp3) is 0.538. The first-order chi connectivity index (χ1) is 8.45. The molecular formula is C13H21ClN2O2S. The third-order valence-electron chi connectivity index (χ3n) is 3.60. The van der Waals surface area contributed by atoms with Gasteiger partial charge in [-0.1, -0.05) is 37.3 Å². The van der Waals surface area contributed by atoms with Crippen LogP contribution in [0.2, 0.25) is 0 Å².